The van der Waals surface area contributed by atoms with Crippen LogP contribution in [0.3, 0.4) is 0 Å². The van der Waals surface area contributed by atoms with Gasteiger partial charge in [-0.3, -0.25) is 19.4 Å². The van der Waals surface area contributed by atoms with Crippen molar-refractivity contribution in [3.8, 4) is 6.07 Å². The summed E-state index contributed by atoms with van der Waals surface area (Å²) in [6, 6.07) is 3.51. The van der Waals surface area contributed by atoms with E-state index >= 15 is 0 Å². The molecule has 10 heteroatoms. The monoisotopic (exact) mass is 394 g/mol. The summed E-state index contributed by atoms with van der Waals surface area (Å²) >= 11 is 0. The summed E-state index contributed by atoms with van der Waals surface area (Å²) in [4.78, 5) is 37.7. The van der Waals surface area contributed by atoms with Crippen LogP contribution in [0.2, 0.25) is 0 Å². The summed E-state index contributed by atoms with van der Waals surface area (Å²) in [5.41, 5.74) is 0.660. The molecule has 2 fully saturated rings. The van der Waals surface area contributed by atoms with Gasteiger partial charge in [-0.1, -0.05) is 6.42 Å². The molecule has 0 radical (unpaired) electrons. The number of carbonyl (C=O) groups is 3. The number of likely N-dealkylation sites (tertiary alicyclic amines) is 1. The molecular weight excluding hydrogens is 374 g/mol. The Kier molecular flexibility index (Phi) is 7.37. The van der Waals surface area contributed by atoms with E-state index in [1.165, 1.54) is 23.4 Å². The molecule has 150 valence electrons. The van der Waals surface area contributed by atoms with E-state index in [0.717, 1.165) is 12.8 Å². The minimum Gasteiger partial charge on any atom is -0.483 e. The SMILES string of the molecule is N#Cc1ccncc1NC(=O)[C@@H]1CCC[C@@H]2CN(C(=O)C(F)F)C[C@H]21.O=CO. The van der Waals surface area contributed by atoms with Gasteiger partial charge < -0.3 is 15.3 Å². The average Bonchev–Trinajstić information content (AvgIpc) is 3.12. The van der Waals surface area contributed by atoms with Gasteiger partial charge in [0, 0.05) is 25.2 Å². The molecular formula is C18H20F2N4O4. The number of amides is 2. The van der Waals surface area contributed by atoms with E-state index in [1.54, 1.807) is 0 Å². The van der Waals surface area contributed by atoms with Crippen LogP contribution in [0.1, 0.15) is 24.8 Å². The number of nitrogens with zero attached hydrogens (tertiary/aromatic N) is 3. The van der Waals surface area contributed by atoms with E-state index in [2.05, 4.69) is 10.3 Å². The summed E-state index contributed by atoms with van der Waals surface area (Å²) in [6.07, 6.45) is 2.16. The van der Waals surface area contributed by atoms with Crippen LogP contribution in [0.5, 0.6) is 0 Å². The second-order valence-electron chi connectivity index (χ2n) is 6.63. The standard InChI is InChI=1S/C17H18F2N4O2.CH2O2/c18-15(19)17(25)23-8-11-2-1-3-12(13(11)9-23)16(24)22-14-7-21-5-4-10(14)6-20;2-1-3/h4-5,7,11-13,15H,1-3,8-9H2,(H,22,24);1H,(H,2,3)/t11-,12-,13-;/m1./s1. The van der Waals surface area contributed by atoms with Gasteiger partial charge in [0.25, 0.3) is 12.4 Å². The molecule has 1 aromatic rings. The summed E-state index contributed by atoms with van der Waals surface area (Å²) in [7, 11) is 0. The van der Waals surface area contributed by atoms with E-state index in [0.29, 0.717) is 17.7 Å². The lowest BCUT2D eigenvalue weighted by atomic mass is 9.73. The van der Waals surface area contributed by atoms with E-state index in [-0.39, 0.29) is 43.2 Å². The molecule has 1 saturated carbocycles. The lowest BCUT2D eigenvalue weighted by Crippen LogP contribution is -2.37. The molecule has 0 spiro atoms. The highest BCUT2D eigenvalue weighted by Gasteiger charge is 2.45. The van der Waals surface area contributed by atoms with Crippen LogP contribution in [0.25, 0.3) is 0 Å². The Labute approximate surface area is 160 Å². The van der Waals surface area contributed by atoms with Crippen molar-refractivity contribution in [3.05, 3.63) is 24.0 Å². The predicted octanol–water partition coefficient (Wildman–Crippen LogP) is 1.73. The quantitative estimate of drug-likeness (QED) is 0.753. The molecule has 1 saturated heterocycles. The first-order chi connectivity index (χ1) is 13.4. The van der Waals surface area contributed by atoms with Crippen LogP contribution < -0.4 is 5.32 Å². The Hall–Kier alpha value is -3.09. The van der Waals surface area contributed by atoms with Gasteiger partial charge in [0.05, 0.1) is 17.4 Å². The number of aromatic nitrogens is 1. The van der Waals surface area contributed by atoms with Crippen molar-refractivity contribution in [3.63, 3.8) is 0 Å². The third-order valence-corrected chi connectivity index (χ3v) is 5.13. The highest BCUT2D eigenvalue weighted by atomic mass is 19.3. The predicted molar refractivity (Wildman–Crippen MR) is 93.2 cm³/mol. The zero-order valence-corrected chi connectivity index (χ0v) is 14.9. The fraction of sp³-hybridized carbons (Fsp3) is 0.500. The molecule has 3 atom stereocenters. The fourth-order valence-corrected chi connectivity index (χ4v) is 3.93. The smallest absolute Gasteiger partial charge is 0.315 e. The zero-order chi connectivity index (χ0) is 20.7. The Balaban J connectivity index is 0.000000878. The largest absolute Gasteiger partial charge is 0.483 e. The first-order valence-corrected chi connectivity index (χ1v) is 8.72. The molecule has 1 aliphatic carbocycles. The summed E-state index contributed by atoms with van der Waals surface area (Å²) in [6.45, 7) is 0.220. The van der Waals surface area contributed by atoms with Crippen molar-refractivity contribution in [2.24, 2.45) is 17.8 Å². The number of pyridine rings is 1. The molecule has 2 N–H and O–H groups in total. The minimum absolute atomic E-state index is 0.0662. The van der Waals surface area contributed by atoms with Crippen molar-refractivity contribution in [1.29, 1.82) is 5.26 Å². The lowest BCUT2D eigenvalue weighted by Gasteiger charge is -2.31. The van der Waals surface area contributed by atoms with E-state index < -0.39 is 12.3 Å². The first-order valence-electron chi connectivity index (χ1n) is 8.72. The minimum atomic E-state index is -3.01. The van der Waals surface area contributed by atoms with Gasteiger partial charge in [0.15, 0.2) is 0 Å². The number of carboxylic acid groups (broad SMARTS) is 1. The Morgan fingerprint density at radius 2 is 2.11 bits per heavy atom. The van der Waals surface area contributed by atoms with Crippen LogP contribution in [0, 0.1) is 29.1 Å². The molecule has 0 bridgehead atoms. The van der Waals surface area contributed by atoms with Gasteiger partial charge in [-0.25, -0.2) is 0 Å². The maximum Gasteiger partial charge on any atom is 0.315 e. The van der Waals surface area contributed by atoms with Gasteiger partial charge in [-0.2, -0.15) is 14.0 Å². The van der Waals surface area contributed by atoms with Crippen molar-refractivity contribution >= 4 is 24.0 Å². The molecule has 2 amide bonds. The third-order valence-electron chi connectivity index (χ3n) is 5.13. The number of rotatable bonds is 3. The highest BCUT2D eigenvalue weighted by molar-refractivity contribution is 5.94. The van der Waals surface area contributed by atoms with Crippen LogP contribution in [0.4, 0.5) is 14.5 Å². The molecule has 2 heterocycles. The normalized spacial score (nSPS) is 23.1. The van der Waals surface area contributed by atoms with E-state index in [4.69, 9.17) is 15.2 Å². The number of nitriles is 1. The number of hydrogen-bond acceptors (Lipinski definition) is 5. The van der Waals surface area contributed by atoms with E-state index in [9.17, 15) is 18.4 Å². The second kappa shape index (κ2) is 9.73. The second-order valence-corrected chi connectivity index (χ2v) is 6.63. The maximum atomic E-state index is 12.7. The molecule has 3 rings (SSSR count). The number of halogens is 2. The van der Waals surface area contributed by atoms with Crippen LogP contribution in [-0.4, -0.2) is 52.8 Å². The van der Waals surface area contributed by atoms with Gasteiger partial charge in [0.2, 0.25) is 5.91 Å². The van der Waals surface area contributed by atoms with Crippen LogP contribution in [0.15, 0.2) is 18.5 Å². The van der Waals surface area contributed by atoms with Gasteiger partial charge in [-0.05, 0) is 30.7 Å². The highest BCUT2D eigenvalue weighted by Crippen LogP contribution is 2.41. The van der Waals surface area contributed by atoms with Gasteiger partial charge >= 0.3 is 6.43 Å². The number of alkyl halides is 2. The van der Waals surface area contributed by atoms with Crippen LogP contribution in [-0.2, 0) is 14.4 Å². The summed E-state index contributed by atoms with van der Waals surface area (Å²) in [5, 5.41) is 18.7. The van der Waals surface area contributed by atoms with Gasteiger partial charge in [-0.15, -0.1) is 0 Å². The Bertz CT molecular complexity index is 768. The van der Waals surface area contributed by atoms with Crippen molar-refractivity contribution < 1.29 is 28.3 Å². The van der Waals surface area contributed by atoms with Crippen molar-refractivity contribution in [1.82, 2.24) is 9.88 Å². The fourth-order valence-electron chi connectivity index (χ4n) is 3.93. The molecule has 0 aromatic carbocycles. The molecule has 8 nitrogen and oxygen atoms in total. The lowest BCUT2D eigenvalue weighted by molar-refractivity contribution is -0.142. The number of carbonyl (C=O) groups excluding carboxylic acids is 2. The molecule has 28 heavy (non-hydrogen) atoms. The topological polar surface area (TPSA) is 123 Å². The van der Waals surface area contributed by atoms with Crippen LogP contribution >= 0.6 is 0 Å². The Morgan fingerprint density at radius 1 is 1.39 bits per heavy atom. The molecule has 1 aliphatic heterocycles. The number of fused-ring (bicyclic) bond motifs is 1. The summed E-state index contributed by atoms with van der Waals surface area (Å²) < 4.78 is 25.4. The van der Waals surface area contributed by atoms with Gasteiger partial charge in [0.1, 0.15) is 6.07 Å². The number of anilines is 1. The van der Waals surface area contributed by atoms with E-state index in [1.807, 2.05) is 6.07 Å². The molecule has 1 aromatic heterocycles. The Morgan fingerprint density at radius 3 is 2.75 bits per heavy atom. The number of nitrogens with one attached hydrogen (secondary N) is 1. The molecule has 0 unspecified atom stereocenters. The van der Waals surface area contributed by atoms with Crippen molar-refractivity contribution in [2.45, 2.75) is 25.7 Å². The molecule has 2 aliphatic rings. The first kappa shape index (κ1) is 21.2. The third kappa shape index (κ3) is 4.79. The zero-order valence-electron chi connectivity index (χ0n) is 14.9. The number of hydrogen-bond donors (Lipinski definition) is 2. The average molecular weight is 394 g/mol. The maximum absolute atomic E-state index is 12.7. The summed E-state index contributed by atoms with van der Waals surface area (Å²) in [5.74, 6) is -1.82. The van der Waals surface area contributed by atoms with Crippen molar-refractivity contribution in [2.75, 3.05) is 18.4 Å².